The van der Waals surface area contributed by atoms with E-state index in [1.54, 1.807) is 0 Å². The van der Waals surface area contributed by atoms with Gasteiger partial charge in [0.25, 0.3) is 0 Å². The molecule has 1 aliphatic rings. The van der Waals surface area contributed by atoms with E-state index in [-0.39, 0.29) is 5.41 Å². The van der Waals surface area contributed by atoms with Gasteiger partial charge in [-0.15, -0.1) is 10.2 Å². The van der Waals surface area contributed by atoms with Crippen LogP contribution >= 0.6 is 0 Å². The predicted octanol–water partition coefficient (Wildman–Crippen LogP) is 2.02. The molecule has 0 unspecified atom stereocenters. The van der Waals surface area contributed by atoms with Gasteiger partial charge in [-0.1, -0.05) is 33.1 Å². The van der Waals surface area contributed by atoms with E-state index in [9.17, 15) is 0 Å². The van der Waals surface area contributed by atoms with Crippen molar-refractivity contribution in [3.63, 3.8) is 0 Å². The van der Waals surface area contributed by atoms with Crippen LogP contribution in [0.4, 0.5) is 0 Å². The molecular weight excluding hydrogens is 200 g/mol. The summed E-state index contributed by atoms with van der Waals surface area (Å²) < 4.78 is 2.26. The van der Waals surface area contributed by atoms with Crippen molar-refractivity contribution < 1.29 is 0 Å². The summed E-state index contributed by atoms with van der Waals surface area (Å²) in [6.45, 7) is 4.88. The summed E-state index contributed by atoms with van der Waals surface area (Å²) in [6, 6.07) is 0.588. The summed E-state index contributed by atoms with van der Waals surface area (Å²) in [6.07, 6.45) is 8.41. The Labute approximate surface area is 97.2 Å². The third kappa shape index (κ3) is 2.12. The Bertz CT molecular complexity index is 337. The predicted molar refractivity (Wildman–Crippen MR) is 64.2 cm³/mol. The maximum absolute atomic E-state index is 5.81. The van der Waals surface area contributed by atoms with Crippen molar-refractivity contribution in [1.82, 2.24) is 14.8 Å². The van der Waals surface area contributed by atoms with E-state index in [2.05, 4.69) is 28.6 Å². The fraction of sp³-hybridized carbons (Fsp3) is 0.833. The van der Waals surface area contributed by atoms with Crippen LogP contribution in [0.3, 0.4) is 0 Å². The number of aromatic nitrogens is 3. The molecule has 0 atom stereocenters. The molecule has 0 aromatic carbocycles. The quantitative estimate of drug-likeness (QED) is 0.851. The van der Waals surface area contributed by atoms with Gasteiger partial charge in [0.2, 0.25) is 0 Å². The van der Waals surface area contributed by atoms with Crippen LogP contribution in [0, 0.1) is 0 Å². The van der Waals surface area contributed by atoms with Gasteiger partial charge in [-0.25, -0.2) is 0 Å². The van der Waals surface area contributed by atoms with Crippen molar-refractivity contribution in [2.24, 2.45) is 5.73 Å². The van der Waals surface area contributed by atoms with E-state index < -0.39 is 0 Å². The van der Waals surface area contributed by atoms with Gasteiger partial charge in [-0.05, 0) is 12.8 Å². The molecule has 1 fully saturated rings. The Balaban J connectivity index is 2.24. The molecule has 0 aliphatic heterocycles. The van der Waals surface area contributed by atoms with Crippen LogP contribution in [0.5, 0.6) is 0 Å². The molecular formula is C12H22N4. The molecule has 0 bridgehead atoms. The summed E-state index contributed by atoms with van der Waals surface area (Å²) >= 11 is 0. The fourth-order valence-electron chi connectivity index (χ4n) is 2.45. The normalized spacial score (nSPS) is 18.9. The minimum Gasteiger partial charge on any atom is -0.329 e. The Morgan fingerprint density at radius 1 is 1.38 bits per heavy atom. The van der Waals surface area contributed by atoms with Crippen LogP contribution in [0.15, 0.2) is 6.33 Å². The van der Waals surface area contributed by atoms with Crippen molar-refractivity contribution in [3.8, 4) is 0 Å². The molecule has 4 heteroatoms. The molecule has 1 aromatic heterocycles. The number of hydrogen-bond donors (Lipinski definition) is 1. The lowest BCUT2D eigenvalue weighted by atomic mass is 9.90. The van der Waals surface area contributed by atoms with Gasteiger partial charge in [-0.3, -0.25) is 0 Å². The van der Waals surface area contributed by atoms with Crippen LogP contribution in [-0.4, -0.2) is 21.3 Å². The first-order chi connectivity index (χ1) is 7.65. The van der Waals surface area contributed by atoms with Gasteiger partial charge < -0.3 is 10.3 Å². The van der Waals surface area contributed by atoms with Crippen LogP contribution in [-0.2, 0) is 5.41 Å². The highest BCUT2D eigenvalue weighted by Crippen LogP contribution is 2.31. The second-order valence-corrected chi connectivity index (χ2v) is 5.44. The highest BCUT2D eigenvalue weighted by atomic mass is 15.3. The summed E-state index contributed by atoms with van der Waals surface area (Å²) in [5.41, 5.74) is 5.74. The highest BCUT2D eigenvalue weighted by Gasteiger charge is 2.28. The largest absolute Gasteiger partial charge is 0.329 e. The Kier molecular flexibility index (Phi) is 3.28. The lowest BCUT2D eigenvalue weighted by molar-refractivity contribution is 0.327. The van der Waals surface area contributed by atoms with Gasteiger partial charge >= 0.3 is 0 Å². The van der Waals surface area contributed by atoms with Gasteiger partial charge in [0.05, 0.1) is 0 Å². The molecule has 4 nitrogen and oxygen atoms in total. The van der Waals surface area contributed by atoms with Crippen molar-refractivity contribution in [1.29, 1.82) is 0 Å². The topological polar surface area (TPSA) is 56.7 Å². The molecule has 1 aromatic rings. The molecule has 2 N–H and O–H groups in total. The SMILES string of the molecule is CC(C)(CN)c1nncn1C1CCCCC1. The highest BCUT2D eigenvalue weighted by molar-refractivity contribution is 5.06. The van der Waals surface area contributed by atoms with Gasteiger partial charge in [-0.2, -0.15) is 0 Å². The molecule has 0 saturated heterocycles. The molecule has 16 heavy (non-hydrogen) atoms. The minimum absolute atomic E-state index is 0.0754. The molecule has 2 rings (SSSR count). The number of nitrogens with two attached hydrogens (primary N) is 1. The fourth-order valence-corrected chi connectivity index (χ4v) is 2.45. The average molecular weight is 222 g/mol. The third-order valence-electron chi connectivity index (χ3n) is 3.66. The molecule has 0 spiro atoms. The number of nitrogens with zero attached hydrogens (tertiary/aromatic N) is 3. The van der Waals surface area contributed by atoms with Crippen molar-refractivity contribution >= 4 is 0 Å². The molecule has 0 radical (unpaired) electrons. The smallest absolute Gasteiger partial charge is 0.140 e. The maximum atomic E-state index is 5.81. The van der Waals surface area contributed by atoms with Crippen molar-refractivity contribution in [2.45, 2.75) is 57.4 Å². The Morgan fingerprint density at radius 2 is 2.06 bits per heavy atom. The monoisotopic (exact) mass is 222 g/mol. The van der Waals surface area contributed by atoms with Gasteiger partial charge in [0.1, 0.15) is 12.2 Å². The molecule has 1 saturated carbocycles. The van der Waals surface area contributed by atoms with E-state index in [4.69, 9.17) is 5.73 Å². The van der Waals surface area contributed by atoms with E-state index in [0.29, 0.717) is 12.6 Å². The van der Waals surface area contributed by atoms with Crippen molar-refractivity contribution in [2.75, 3.05) is 6.54 Å². The maximum Gasteiger partial charge on any atom is 0.140 e. The lowest BCUT2D eigenvalue weighted by Gasteiger charge is -2.29. The summed E-state index contributed by atoms with van der Waals surface area (Å²) in [5.74, 6) is 1.04. The number of hydrogen-bond acceptors (Lipinski definition) is 3. The standard InChI is InChI=1S/C12H22N4/c1-12(2,8-13)11-15-14-9-16(11)10-6-4-3-5-7-10/h9-10H,3-8,13H2,1-2H3. The molecule has 90 valence electrons. The van der Waals surface area contributed by atoms with Gasteiger partial charge in [0, 0.05) is 18.0 Å². The van der Waals surface area contributed by atoms with Crippen LogP contribution in [0.2, 0.25) is 0 Å². The molecule has 1 heterocycles. The van der Waals surface area contributed by atoms with E-state index in [0.717, 1.165) is 5.82 Å². The van der Waals surface area contributed by atoms with Crippen LogP contribution in [0.25, 0.3) is 0 Å². The Morgan fingerprint density at radius 3 is 2.69 bits per heavy atom. The second kappa shape index (κ2) is 4.53. The average Bonchev–Trinajstić information content (AvgIpc) is 2.80. The minimum atomic E-state index is -0.0754. The zero-order valence-electron chi connectivity index (χ0n) is 10.3. The summed E-state index contributed by atoms with van der Waals surface area (Å²) in [7, 11) is 0. The third-order valence-corrected chi connectivity index (χ3v) is 3.66. The van der Waals surface area contributed by atoms with E-state index in [1.807, 2.05) is 6.33 Å². The Hall–Kier alpha value is -0.900. The van der Waals surface area contributed by atoms with Gasteiger partial charge in [0.15, 0.2) is 0 Å². The van der Waals surface area contributed by atoms with Crippen LogP contribution < -0.4 is 5.73 Å². The van der Waals surface area contributed by atoms with E-state index >= 15 is 0 Å². The first kappa shape index (κ1) is 11.6. The molecule has 1 aliphatic carbocycles. The number of rotatable bonds is 3. The van der Waals surface area contributed by atoms with Crippen molar-refractivity contribution in [3.05, 3.63) is 12.2 Å². The molecule has 0 amide bonds. The van der Waals surface area contributed by atoms with E-state index in [1.165, 1.54) is 32.1 Å². The summed E-state index contributed by atoms with van der Waals surface area (Å²) in [4.78, 5) is 0. The summed E-state index contributed by atoms with van der Waals surface area (Å²) in [5, 5.41) is 8.34. The zero-order valence-corrected chi connectivity index (χ0v) is 10.3. The first-order valence-electron chi connectivity index (χ1n) is 6.25. The first-order valence-corrected chi connectivity index (χ1v) is 6.25. The lowest BCUT2D eigenvalue weighted by Crippen LogP contribution is -2.33. The van der Waals surface area contributed by atoms with Crippen LogP contribution in [0.1, 0.15) is 57.8 Å². The second-order valence-electron chi connectivity index (χ2n) is 5.44. The zero-order chi connectivity index (χ0) is 11.6.